The van der Waals surface area contributed by atoms with Crippen LogP contribution in [0.25, 0.3) is 0 Å². The Morgan fingerprint density at radius 1 is 1.00 bits per heavy atom. The van der Waals surface area contributed by atoms with Gasteiger partial charge in [-0.25, -0.2) is 13.8 Å². The van der Waals surface area contributed by atoms with Crippen molar-refractivity contribution >= 4 is 27.8 Å². The summed E-state index contributed by atoms with van der Waals surface area (Å²) >= 11 is 0. The summed E-state index contributed by atoms with van der Waals surface area (Å²) in [4.78, 5) is 12.7. The molecule has 0 unspecified atom stereocenters. The van der Waals surface area contributed by atoms with Crippen molar-refractivity contribution < 1.29 is 17.9 Å². The van der Waals surface area contributed by atoms with E-state index in [1.807, 2.05) is 13.0 Å². The number of hydrogen-bond donors (Lipinski definition) is 1. The van der Waals surface area contributed by atoms with Crippen LogP contribution in [-0.4, -0.2) is 34.2 Å². The highest BCUT2D eigenvalue weighted by molar-refractivity contribution is 7.92. The van der Waals surface area contributed by atoms with E-state index in [9.17, 15) is 13.2 Å². The number of methoxy groups -OCH3 is 1. The number of rotatable bonds is 8. The zero-order valence-corrected chi connectivity index (χ0v) is 19.0. The fourth-order valence-corrected chi connectivity index (χ4v) is 4.50. The molecule has 3 aromatic carbocycles. The van der Waals surface area contributed by atoms with E-state index >= 15 is 0 Å². The van der Waals surface area contributed by atoms with Crippen molar-refractivity contribution in [1.82, 2.24) is 5.43 Å². The second-order valence-corrected chi connectivity index (χ2v) is 9.04. The minimum Gasteiger partial charge on any atom is -0.497 e. The molecule has 0 aromatic heterocycles. The van der Waals surface area contributed by atoms with Crippen molar-refractivity contribution in [2.45, 2.75) is 18.7 Å². The van der Waals surface area contributed by atoms with Gasteiger partial charge in [-0.05, 0) is 67.4 Å². The molecular formula is C24H25N3O4S. The number of hydrogen-bond acceptors (Lipinski definition) is 5. The SMILES string of the molecule is COc1ccc(/C=N\NC(=O)CN(c2ccccc2C)S(=O)(=O)c2ccc(C)cc2)cc1. The minimum absolute atomic E-state index is 0.112. The Balaban J connectivity index is 1.82. The first-order valence-electron chi connectivity index (χ1n) is 9.92. The molecule has 1 N–H and O–H groups in total. The zero-order chi connectivity index (χ0) is 23.1. The number of anilines is 1. The van der Waals surface area contributed by atoms with E-state index in [1.165, 1.54) is 18.3 Å². The molecule has 0 bridgehead atoms. The Bertz CT molecular complexity index is 1200. The summed E-state index contributed by atoms with van der Waals surface area (Å²) in [6, 6.07) is 20.7. The number of carbonyl (C=O) groups is 1. The maximum Gasteiger partial charge on any atom is 0.264 e. The highest BCUT2D eigenvalue weighted by atomic mass is 32.2. The molecule has 3 aromatic rings. The molecule has 0 heterocycles. The average molecular weight is 452 g/mol. The molecule has 0 aliphatic rings. The number of para-hydroxylation sites is 1. The number of hydrazone groups is 1. The van der Waals surface area contributed by atoms with Gasteiger partial charge in [0, 0.05) is 0 Å². The molecule has 0 saturated carbocycles. The van der Waals surface area contributed by atoms with Crippen molar-refractivity contribution in [3.05, 3.63) is 89.5 Å². The van der Waals surface area contributed by atoms with Crippen molar-refractivity contribution in [2.75, 3.05) is 18.0 Å². The molecule has 0 spiro atoms. The van der Waals surface area contributed by atoms with Crippen LogP contribution < -0.4 is 14.5 Å². The second-order valence-electron chi connectivity index (χ2n) is 7.18. The van der Waals surface area contributed by atoms with Gasteiger partial charge in [-0.15, -0.1) is 0 Å². The lowest BCUT2D eigenvalue weighted by Gasteiger charge is -2.25. The second kappa shape index (κ2) is 10.1. The number of carbonyl (C=O) groups excluding carboxylic acids is 1. The summed E-state index contributed by atoms with van der Waals surface area (Å²) in [5, 5.41) is 3.95. The third kappa shape index (κ3) is 5.53. The number of sulfonamides is 1. The molecule has 0 radical (unpaired) electrons. The third-order valence-electron chi connectivity index (χ3n) is 4.80. The minimum atomic E-state index is -3.97. The summed E-state index contributed by atoms with van der Waals surface area (Å²) < 4.78 is 33.0. The first-order chi connectivity index (χ1) is 15.3. The molecule has 0 aliphatic heterocycles. The molecule has 8 heteroatoms. The smallest absolute Gasteiger partial charge is 0.264 e. The Kier molecular flexibility index (Phi) is 7.27. The van der Waals surface area contributed by atoms with Crippen LogP contribution in [0.3, 0.4) is 0 Å². The number of benzene rings is 3. The standard InChI is InChI=1S/C24H25N3O4S/c1-18-8-14-22(15-9-18)32(29,30)27(23-7-5-4-6-19(23)2)17-24(28)26-25-16-20-10-12-21(31-3)13-11-20/h4-16H,17H2,1-3H3,(H,26,28)/b25-16-. The van der Waals surface area contributed by atoms with Gasteiger partial charge in [0.2, 0.25) is 0 Å². The van der Waals surface area contributed by atoms with E-state index in [4.69, 9.17) is 4.74 Å². The van der Waals surface area contributed by atoms with Crippen LogP contribution in [0.5, 0.6) is 5.75 Å². The summed E-state index contributed by atoms with van der Waals surface area (Å²) in [5.74, 6) is 0.148. The lowest BCUT2D eigenvalue weighted by atomic mass is 10.2. The van der Waals surface area contributed by atoms with Gasteiger partial charge >= 0.3 is 0 Å². The largest absolute Gasteiger partial charge is 0.497 e. The predicted molar refractivity (Wildman–Crippen MR) is 126 cm³/mol. The first kappa shape index (κ1) is 23.0. The van der Waals surface area contributed by atoms with E-state index in [2.05, 4.69) is 10.5 Å². The molecule has 32 heavy (non-hydrogen) atoms. The molecule has 0 atom stereocenters. The van der Waals surface area contributed by atoms with Crippen LogP contribution in [0.4, 0.5) is 5.69 Å². The van der Waals surface area contributed by atoms with Crippen LogP contribution in [0, 0.1) is 13.8 Å². The number of nitrogens with one attached hydrogen (secondary N) is 1. The molecule has 166 valence electrons. The summed E-state index contributed by atoms with van der Waals surface area (Å²) in [7, 11) is -2.39. The van der Waals surface area contributed by atoms with Gasteiger partial charge < -0.3 is 4.74 Å². The summed E-state index contributed by atoms with van der Waals surface area (Å²) in [6.45, 7) is 3.26. The topological polar surface area (TPSA) is 88.1 Å². The Morgan fingerprint density at radius 3 is 2.28 bits per heavy atom. The van der Waals surface area contributed by atoms with Gasteiger partial charge in [-0.1, -0.05) is 35.9 Å². The molecule has 0 saturated heterocycles. The summed E-state index contributed by atoms with van der Waals surface area (Å²) in [5.41, 5.74) is 5.27. The van der Waals surface area contributed by atoms with Gasteiger partial charge in [-0.2, -0.15) is 5.10 Å². The summed E-state index contributed by atoms with van der Waals surface area (Å²) in [6.07, 6.45) is 1.48. The molecule has 7 nitrogen and oxygen atoms in total. The van der Waals surface area contributed by atoms with Crippen LogP contribution in [0.1, 0.15) is 16.7 Å². The molecule has 3 rings (SSSR count). The van der Waals surface area contributed by atoms with Gasteiger partial charge in [0.05, 0.1) is 23.9 Å². The predicted octanol–water partition coefficient (Wildman–Crippen LogP) is 3.66. The van der Waals surface area contributed by atoms with E-state index in [1.54, 1.807) is 68.6 Å². The monoisotopic (exact) mass is 451 g/mol. The normalized spacial score (nSPS) is 11.3. The van der Waals surface area contributed by atoms with E-state index in [-0.39, 0.29) is 4.90 Å². The molecule has 1 amide bonds. The Hall–Kier alpha value is -3.65. The van der Waals surface area contributed by atoms with Crippen LogP contribution in [0.2, 0.25) is 0 Å². The lowest BCUT2D eigenvalue weighted by Crippen LogP contribution is -2.40. The molecule has 0 aliphatic carbocycles. The highest BCUT2D eigenvalue weighted by Gasteiger charge is 2.28. The molecule has 0 fully saturated rings. The highest BCUT2D eigenvalue weighted by Crippen LogP contribution is 2.26. The Labute approximate surface area is 188 Å². The quantitative estimate of drug-likeness (QED) is 0.418. The van der Waals surface area contributed by atoms with Crippen molar-refractivity contribution in [3.63, 3.8) is 0 Å². The van der Waals surface area contributed by atoms with Crippen LogP contribution >= 0.6 is 0 Å². The van der Waals surface area contributed by atoms with Crippen molar-refractivity contribution in [3.8, 4) is 5.75 Å². The van der Waals surface area contributed by atoms with Gasteiger partial charge in [-0.3, -0.25) is 9.10 Å². The number of ether oxygens (including phenoxy) is 1. The van der Waals surface area contributed by atoms with E-state index in [0.29, 0.717) is 11.4 Å². The van der Waals surface area contributed by atoms with Crippen LogP contribution in [-0.2, 0) is 14.8 Å². The molecular weight excluding hydrogens is 426 g/mol. The third-order valence-corrected chi connectivity index (χ3v) is 6.57. The number of aryl methyl sites for hydroxylation is 2. The maximum atomic E-state index is 13.4. The number of amides is 1. The Morgan fingerprint density at radius 2 is 1.66 bits per heavy atom. The fraction of sp³-hybridized carbons (Fsp3) is 0.167. The van der Waals surface area contributed by atoms with Gasteiger partial charge in [0.25, 0.3) is 15.9 Å². The van der Waals surface area contributed by atoms with Gasteiger partial charge in [0.15, 0.2) is 0 Å². The van der Waals surface area contributed by atoms with Crippen molar-refractivity contribution in [1.29, 1.82) is 0 Å². The fourth-order valence-electron chi connectivity index (χ4n) is 3.01. The maximum absolute atomic E-state index is 13.4. The van der Waals surface area contributed by atoms with Crippen molar-refractivity contribution in [2.24, 2.45) is 5.10 Å². The number of nitrogens with zero attached hydrogens (tertiary/aromatic N) is 2. The first-order valence-corrected chi connectivity index (χ1v) is 11.4. The average Bonchev–Trinajstić information content (AvgIpc) is 2.79. The zero-order valence-electron chi connectivity index (χ0n) is 18.1. The van der Waals surface area contributed by atoms with E-state index in [0.717, 1.165) is 21.0 Å². The lowest BCUT2D eigenvalue weighted by molar-refractivity contribution is -0.119. The van der Waals surface area contributed by atoms with Gasteiger partial charge in [0.1, 0.15) is 12.3 Å². The van der Waals surface area contributed by atoms with E-state index < -0.39 is 22.5 Å². The van der Waals surface area contributed by atoms with Crippen LogP contribution in [0.15, 0.2) is 82.8 Å².